The summed E-state index contributed by atoms with van der Waals surface area (Å²) in [7, 11) is 0. The van der Waals surface area contributed by atoms with Crippen molar-refractivity contribution in [2.24, 2.45) is 11.7 Å². The van der Waals surface area contributed by atoms with Gasteiger partial charge in [0.25, 0.3) is 0 Å². The van der Waals surface area contributed by atoms with Gasteiger partial charge in [0.2, 0.25) is 0 Å². The first-order valence-electron chi connectivity index (χ1n) is 3.34. The summed E-state index contributed by atoms with van der Waals surface area (Å²) in [6.45, 7) is 3.74. The Morgan fingerprint density at radius 2 is 2.25 bits per heavy atom. The summed E-state index contributed by atoms with van der Waals surface area (Å²) >= 11 is 0. The Labute approximate surface area is 49.7 Å². The highest BCUT2D eigenvalue weighted by molar-refractivity contribution is 4.92. The average molecular weight is 112 g/mol. The minimum Gasteiger partial charge on any atom is -0.326 e. The summed E-state index contributed by atoms with van der Waals surface area (Å²) in [4.78, 5) is 2.45. The lowest BCUT2D eigenvalue weighted by Crippen LogP contribution is -2.34. The SMILES string of the molecule is N[C@H]1CN2CCC1C2. The van der Waals surface area contributed by atoms with Gasteiger partial charge in [0.15, 0.2) is 0 Å². The number of nitrogens with two attached hydrogens (primary N) is 1. The van der Waals surface area contributed by atoms with Crippen molar-refractivity contribution in [1.82, 2.24) is 4.90 Å². The molecule has 0 saturated carbocycles. The molecule has 0 amide bonds. The van der Waals surface area contributed by atoms with Gasteiger partial charge in [-0.2, -0.15) is 0 Å². The molecule has 0 spiro atoms. The molecule has 2 rings (SSSR count). The van der Waals surface area contributed by atoms with Crippen LogP contribution >= 0.6 is 0 Å². The van der Waals surface area contributed by atoms with Crippen LogP contribution in [-0.2, 0) is 0 Å². The molecule has 2 heteroatoms. The number of nitrogens with zero attached hydrogens (tertiary/aromatic N) is 1. The van der Waals surface area contributed by atoms with Crippen LogP contribution in [-0.4, -0.2) is 30.6 Å². The second-order valence-corrected chi connectivity index (χ2v) is 2.97. The van der Waals surface area contributed by atoms with Gasteiger partial charge in [-0.25, -0.2) is 0 Å². The lowest BCUT2D eigenvalue weighted by Gasteiger charge is -2.16. The lowest BCUT2D eigenvalue weighted by atomic mass is 10.0. The zero-order chi connectivity index (χ0) is 5.56. The topological polar surface area (TPSA) is 29.3 Å². The highest BCUT2D eigenvalue weighted by Crippen LogP contribution is 2.25. The fraction of sp³-hybridized carbons (Fsp3) is 1.00. The van der Waals surface area contributed by atoms with E-state index in [-0.39, 0.29) is 0 Å². The van der Waals surface area contributed by atoms with E-state index in [1.165, 1.54) is 19.5 Å². The normalized spacial score (nSPS) is 52.9. The molecular weight excluding hydrogens is 100 g/mol. The summed E-state index contributed by atoms with van der Waals surface area (Å²) in [5.74, 6) is 0.843. The number of piperidine rings is 1. The van der Waals surface area contributed by atoms with E-state index in [4.69, 9.17) is 5.73 Å². The van der Waals surface area contributed by atoms with E-state index in [0.29, 0.717) is 6.04 Å². The standard InChI is InChI=1S/C6H12N2/c7-6-4-8-2-1-5(6)3-8/h5-6H,1-4,7H2/t5?,6-/m0/s1. The maximum absolute atomic E-state index is 5.78. The third kappa shape index (κ3) is 0.501. The molecule has 0 radical (unpaired) electrons. The van der Waals surface area contributed by atoms with Crippen molar-refractivity contribution in [2.45, 2.75) is 12.5 Å². The zero-order valence-corrected chi connectivity index (χ0v) is 5.01. The van der Waals surface area contributed by atoms with Crippen molar-refractivity contribution in [2.75, 3.05) is 19.6 Å². The van der Waals surface area contributed by atoms with Crippen molar-refractivity contribution in [1.29, 1.82) is 0 Å². The molecule has 0 aliphatic carbocycles. The third-order valence-electron chi connectivity index (χ3n) is 2.38. The molecule has 2 fully saturated rings. The van der Waals surface area contributed by atoms with Crippen molar-refractivity contribution >= 4 is 0 Å². The summed E-state index contributed by atoms with van der Waals surface area (Å²) in [5, 5.41) is 0. The Balaban J connectivity index is 2.11. The molecule has 0 aromatic heterocycles. The molecule has 2 aliphatic rings. The van der Waals surface area contributed by atoms with Gasteiger partial charge in [0, 0.05) is 19.1 Å². The first-order valence-corrected chi connectivity index (χ1v) is 3.34. The van der Waals surface area contributed by atoms with Gasteiger partial charge < -0.3 is 10.6 Å². The molecule has 46 valence electrons. The number of hydrogen-bond donors (Lipinski definition) is 1. The van der Waals surface area contributed by atoms with E-state index >= 15 is 0 Å². The van der Waals surface area contributed by atoms with Gasteiger partial charge in [-0.3, -0.25) is 0 Å². The molecule has 2 unspecified atom stereocenters. The van der Waals surface area contributed by atoms with Crippen LogP contribution in [0, 0.1) is 5.92 Å². The molecule has 2 nitrogen and oxygen atoms in total. The molecule has 2 heterocycles. The quantitative estimate of drug-likeness (QED) is 0.464. The van der Waals surface area contributed by atoms with Crippen molar-refractivity contribution in [3.63, 3.8) is 0 Å². The van der Waals surface area contributed by atoms with Crippen LogP contribution in [0.2, 0.25) is 0 Å². The Morgan fingerprint density at radius 3 is 2.50 bits per heavy atom. The lowest BCUT2D eigenvalue weighted by molar-refractivity contribution is 0.346. The second kappa shape index (κ2) is 1.45. The molecular formula is C6H12N2. The van der Waals surface area contributed by atoms with E-state index in [2.05, 4.69) is 4.90 Å². The van der Waals surface area contributed by atoms with Crippen LogP contribution < -0.4 is 5.73 Å². The van der Waals surface area contributed by atoms with Crippen molar-refractivity contribution in [3.05, 3.63) is 0 Å². The molecule has 3 atom stereocenters. The maximum atomic E-state index is 5.78. The summed E-state index contributed by atoms with van der Waals surface area (Å²) in [5.41, 5.74) is 5.78. The Morgan fingerprint density at radius 1 is 1.38 bits per heavy atom. The van der Waals surface area contributed by atoms with Gasteiger partial charge in [0.1, 0.15) is 0 Å². The van der Waals surface area contributed by atoms with Crippen molar-refractivity contribution < 1.29 is 0 Å². The van der Waals surface area contributed by atoms with E-state index in [0.717, 1.165) is 12.5 Å². The Hall–Kier alpha value is -0.0800. The number of rotatable bonds is 0. The molecule has 8 heavy (non-hydrogen) atoms. The van der Waals surface area contributed by atoms with Gasteiger partial charge in [-0.15, -0.1) is 0 Å². The fourth-order valence-corrected chi connectivity index (χ4v) is 1.83. The number of hydrogen-bond acceptors (Lipinski definition) is 2. The molecule has 2 aliphatic heterocycles. The van der Waals surface area contributed by atoms with E-state index in [1.807, 2.05) is 0 Å². The third-order valence-corrected chi connectivity index (χ3v) is 2.38. The summed E-state index contributed by atoms with van der Waals surface area (Å²) < 4.78 is 0. The Bertz CT molecular complexity index is 101. The monoisotopic (exact) mass is 112 g/mol. The highest BCUT2D eigenvalue weighted by Gasteiger charge is 2.35. The molecule has 2 bridgehead atoms. The first-order chi connectivity index (χ1) is 3.86. The van der Waals surface area contributed by atoms with E-state index in [9.17, 15) is 0 Å². The zero-order valence-electron chi connectivity index (χ0n) is 5.01. The molecule has 2 N–H and O–H groups in total. The minimum absolute atomic E-state index is 0.503. The fourth-order valence-electron chi connectivity index (χ4n) is 1.83. The van der Waals surface area contributed by atoms with Crippen LogP contribution in [0.5, 0.6) is 0 Å². The number of fused-ring (bicyclic) bond motifs is 2. The largest absolute Gasteiger partial charge is 0.326 e. The molecule has 0 aromatic rings. The smallest absolute Gasteiger partial charge is 0.0209 e. The van der Waals surface area contributed by atoms with Crippen LogP contribution in [0.15, 0.2) is 0 Å². The molecule has 2 saturated heterocycles. The van der Waals surface area contributed by atoms with E-state index in [1.54, 1.807) is 0 Å². The predicted molar refractivity (Wildman–Crippen MR) is 32.5 cm³/mol. The van der Waals surface area contributed by atoms with Crippen LogP contribution in [0.1, 0.15) is 6.42 Å². The van der Waals surface area contributed by atoms with Crippen LogP contribution in [0.3, 0.4) is 0 Å². The van der Waals surface area contributed by atoms with Crippen LogP contribution in [0.25, 0.3) is 0 Å². The highest BCUT2D eigenvalue weighted by atomic mass is 15.2. The Kier molecular flexibility index (Phi) is 0.866. The second-order valence-electron chi connectivity index (χ2n) is 2.97. The maximum Gasteiger partial charge on any atom is 0.0209 e. The first kappa shape index (κ1) is 4.77. The van der Waals surface area contributed by atoms with Crippen molar-refractivity contribution in [3.8, 4) is 0 Å². The summed E-state index contributed by atoms with van der Waals surface area (Å²) in [6, 6.07) is 0.503. The van der Waals surface area contributed by atoms with Gasteiger partial charge in [0.05, 0.1) is 0 Å². The van der Waals surface area contributed by atoms with E-state index < -0.39 is 0 Å². The van der Waals surface area contributed by atoms with Gasteiger partial charge in [-0.1, -0.05) is 0 Å². The van der Waals surface area contributed by atoms with Gasteiger partial charge in [-0.05, 0) is 18.9 Å². The average Bonchev–Trinajstić information content (AvgIpc) is 2.23. The van der Waals surface area contributed by atoms with Crippen LogP contribution in [0.4, 0.5) is 0 Å². The predicted octanol–water partition coefficient (Wildman–Crippen LogP) is -0.351. The summed E-state index contributed by atoms with van der Waals surface area (Å²) in [6.07, 6.45) is 1.35. The van der Waals surface area contributed by atoms with Gasteiger partial charge >= 0.3 is 0 Å². The minimum atomic E-state index is 0.503. The molecule has 0 aromatic carbocycles.